The zero-order valence-corrected chi connectivity index (χ0v) is 8.49. The van der Waals surface area contributed by atoms with Crippen LogP contribution >= 0.6 is 0 Å². The highest BCUT2D eigenvalue weighted by molar-refractivity contribution is 5.38. The third-order valence-corrected chi connectivity index (χ3v) is 1.96. The Morgan fingerprint density at radius 3 is 1.86 bits per heavy atom. The maximum atomic E-state index is 13.5. The van der Waals surface area contributed by atoms with Gasteiger partial charge in [-0.2, -0.15) is 0 Å². The van der Waals surface area contributed by atoms with Crippen molar-refractivity contribution in [3.05, 3.63) is 34.9 Å². The van der Waals surface area contributed by atoms with Gasteiger partial charge in [-0.15, -0.1) is 6.42 Å². The molecule has 0 amide bonds. The molecule has 0 aliphatic heterocycles. The Balaban J connectivity index is 3.42. The third-order valence-electron chi connectivity index (χ3n) is 1.96. The van der Waals surface area contributed by atoms with Crippen LogP contribution in [-0.2, 0) is 5.41 Å². The van der Waals surface area contributed by atoms with Gasteiger partial charge in [-0.1, -0.05) is 26.7 Å². The zero-order valence-electron chi connectivity index (χ0n) is 8.49. The van der Waals surface area contributed by atoms with Crippen molar-refractivity contribution in [3.63, 3.8) is 0 Å². The van der Waals surface area contributed by atoms with Crippen molar-refractivity contribution < 1.29 is 8.78 Å². The topological polar surface area (TPSA) is 0 Å². The van der Waals surface area contributed by atoms with Crippen LogP contribution in [0.5, 0.6) is 0 Å². The average Bonchev–Trinajstić information content (AvgIpc) is 1.99. The maximum Gasteiger partial charge on any atom is 0.131 e. The van der Waals surface area contributed by atoms with Crippen LogP contribution in [0.3, 0.4) is 0 Å². The molecule has 0 aliphatic rings. The van der Waals surface area contributed by atoms with E-state index >= 15 is 0 Å². The minimum atomic E-state index is -0.578. The fraction of sp³-hybridized carbons (Fsp3) is 0.333. The van der Waals surface area contributed by atoms with Gasteiger partial charge in [0, 0.05) is 11.1 Å². The number of hydrogen-bond acceptors (Lipinski definition) is 0. The fourth-order valence-electron chi connectivity index (χ4n) is 1.37. The predicted molar refractivity (Wildman–Crippen MR) is 53.0 cm³/mol. The molecule has 0 bridgehead atoms. The summed E-state index contributed by atoms with van der Waals surface area (Å²) in [5.74, 6) is 1.05. The second-order valence-electron chi connectivity index (χ2n) is 4.21. The molecule has 1 rings (SSSR count). The number of rotatable bonds is 0. The largest absolute Gasteiger partial charge is 0.207 e. The zero-order chi connectivity index (χ0) is 10.9. The molecule has 0 aromatic heterocycles. The second kappa shape index (κ2) is 3.42. The Morgan fingerprint density at radius 1 is 1.14 bits per heavy atom. The summed E-state index contributed by atoms with van der Waals surface area (Å²) >= 11 is 0. The first-order valence-corrected chi connectivity index (χ1v) is 4.32. The van der Waals surface area contributed by atoms with Crippen molar-refractivity contribution >= 4 is 0 Å². The van der Waals surface area contributed by atoms with Gasteiger partial charge in [-0.05, 0) is 17.5 Å². The van der Waals surface area contributed by atoms with Crippen LogP contribution in [0, 0.1) is 24.0 Å². The number of hydrogen-bond donors (Lipinski definition) is 0. The van der Waals surface area contributed by atoms with Crippen LogP contribution < -0.4 is 0 Å². The van der Waals surface area contributed by atoms with Gasteiger partial charge in [-0.25, -0.2) is 8.78 Å². The molecular weight excluding hydrogens is 182 g/mol. The lowest BCUT2D eigenvalue weighted by Crippen LogP contribution is -2.16. The molecule has 74 valence electrons. The second-order valence-corrected chi connectivity index (χ2v) is 4.21. The van der Waals surface area contributed by atoms with Gasteiger partial charge in [0.15, 0.2) is 0 Å². The highest BCUT2D eigenvalue weighted by Gasteiger charge is 2.23. The van der Waals surface area contributed by atoms with Gasteiger partial charge in [0.25, 0.3) is 0 Å². The quantitative estimate of drug-likeness (QED) is 0.556. The van der Waals surface area contributed by atoms with Crippen molar-refractivity contribution in [2.75, 3.05) is 0 Å². The summed E-state index contributed by atoms with van der Waals surface area (Å²) in [7, 11) is 0. The van der Waals surface area contributed by atoms with E-state index in [1.54, 1.807) is 20.8 Å². The molecule has 0 radical (unpaired) electrons. The molecule has 0 N–H and O–H groups in total. The van der Waals surface area contributed by atoms with Gasteiger partial charge in [0.1, 0.15) is 11.6 Å². The summed E-state index contributed by atoms with van der Waals surface area (Å²) < 4.78 is 26.9. The summed E-state index contributed by atoms with van der Waals surface area (Å²) in [5.41, 5.74) is -0.245. The molecule has 0 nitrogen and oxygen atoms in total. The standard InChI is InChI=1S/C12H12F2/c1-5-8-6-9(13)11(10(14)7-8)12(2,3)4/h1,6-7H,2-4H3. The van der Waals surface area contributed by atoms with Gasteiger partial charge >= 0.3 is 0 Å². The molecule has 2 heteroatoms. The molecule has 14 heavy (non-hydrogen) atoms. The molecule has 1 aromatic rings. The van der Waals surface area contributed by atoms with Crippen LogP contribution in [0.15, 0.2) is 12.1 Å². The van der Waals surface area contributed by atoms with Crippen molar-refractivity contribution in [2.24, 2.45) is 0 Å². The van der Waals surface area contributed by atoms with E-state index in [0.717, 1.165) is 0 Å². The highest BCUT2D eigenvalue weighted by atomic mass is 19.1. The minimum Gasteiger partial charge on any atom is -0.207 e. The molecule has 0 fully saturated rings. The first-order chi connectivity index (χ1) is 6.36. The van der Waals surface area contributed by atoms with E-state index in [4.69, 9.17) is 6.42 Å². The van der Waals surface area contributed by atoms with Crippen molar-refractivity contribution in [3.8, 4) is 12.3 Å². The van der Waals surface area contributed by atoms with Gasteiger partial charge in [-0.3, -0.25) is 0 Å². The molecule has 0 saturated carbocycles. The Bertz CT molecular complexity index is 369. The number of halogens is 2. The number of terminal acetylenes is 1. The van der Waals surface area contributed by atoms with Crippen LogP contribution in [-0.4, -0.2) is 0 Å². The summed E-state index contributed by atoms with van der Waals surface area (Å²) in [6.45, 7) is 5.26. The van der Waals surface area contributed by atoms with E-state index in [-0.39, 0.29) is 11.1 Å². The fourth-order valence-corrected chi connectivity index (χ4v) is 1.37. The van der Waals surface area contributed by atoms with Crippen LogP contribution in [0.25, 0.3) is 0 Å². The Labute approximate surface area is 83.0 Å². The van der Waals surface area contributed by atoms with E-state index < -0.39 is 17.0 Å². The molecule has 0 aliphatic carbocycles. The van der Waals surface area contributed by atoms with E-state index in [2.05, 4.69) is 5.92 Å². The van der Waals surface area contributed by atoms with Gasteiger partial charge in [0.2, 0.25) is 0 Å². The first kappa shape index (κ1) is 10.7. The molecule has 1 aromatic carbocycles. The normalized spacial score (nSPS) is 11.1. The maximum absolute atomic E-state index is 13.5. The minimum absolute atomic E-state index is 0.0801. The monoisotopic (exact) mass is 194 g/mol. The summed E-state index contributed by atoms with van der Waals surface area (Å²) in [6.07, 6.45) is 5.06. The lowest BCUT2D eigenvalue weighted by molar-refractivity contribution is 0.475. The molecule has 0 heterocycles. The lowest BCUT2D eigenvalue weighted by atomic mass is 9.85. The smallest absolute Gasteiger partial charge is 0.131 e. The third kappa shape index (κ3) is 1.93. The Hall–Kier alpha value is -1.36. The van der Waals surface area contributed by atoms with Crippen LogP contribution in [0.2, 0.25) is 0 Å². The molecule has 0 spiro atoms. The highest BCUT2D eigenvalue weighted by Crippen LogP contribution is 2.28. The van der Waals surface area contributed by atoms with Crippen molar-refractivity contribution in [1.29, 1.82) is 0 Å². The van der Waals surface area contributed by atoms with E-state index in [9.17, 15) is 8.78 Å². The lowest BCUT2D eigenvalue weighted by Gasteiger charge is -2.20. The SMILES string of the molecule is C#Cc1cc(F)c(C(C)(C)C)c(F)c1. The van der Waals surface area contributed by atoms with Crippen molar-refractivity contribution in [1.82, 2.24) is 0 Å². The van der Waals surface area contributed by atoms with Crippen LogP contribution in [0.4, 0.5) is 8.78 Å². The Kier molecular flexibility index (Phi) is 2.62. The van der Waals surface area contributed by atoms with Crippen LogP contribution in [0.1, 0.15) is 31.9 Å². The number of benzene rings is 1. The molecule has 0 atom stereocenters. The first-order valence-electron chi connectivity index (χ1n) is 4.32. The molecule has 0 saturated heterocycles. The molecule has 0 unspecified atom stereocenters. The van der Waals surface area contributed by atoms with Crippen molar-refractivity contribution in [2.45, 2.75) is 26.2 Å². The summed E-state index contributed by atoms with van der Waals surface area (Å²) in [4.78, 5) is 0. The predicted octanol–water partition coefficient (Wildman–Crippen LogP) is 3.24. The molecular formula is C12H12F2. The summed E-state index contributed by atoms with van der Waals surface area (Å²) in [6, 6.07) is 2.37. The van der Waals surface area contributed by atoms with E-state index in [1.165, 1.54) is 12.1 Å². The van der Waals surface area contributed by atoms with Gasteiger partial charge < -0.3 is 0 Å². The Morgan fingerprint density at radius 2 is 1.57 bits per heavy atom. The summed E-state index contributed by atoms with van der Waals surface area (Å²) in [5, 5.41) is 0. The van der Waals surface area contributed by atoms with E-state index in [1.807, 2.05) is 0 Å². The van der Waals surface area contributed by atoms with E-state index in [0.29, 0.717) is 0 Å². The average molecular weight is 194 g/mol. The van der Waals surface area contributed by atoms with Gasteiger partial charge in [0.05, 0.1) is 0 Å².